The average molecular weight is 243 g/mol. The fourth-order valence-corrected chi connectivity index (χ4v) is 2.33. The second-order valence-corrected chi connectivity index (χ2v) is 4.60. The summed E-state index contributed by atoms with van der Waals surface area (Å²) >= 11 is 0. The molecule has 2 aromatic heterocycles. The molecule has 0 atom stereocenters. The Balaban J connectivity index is 2.74. The predicted octanol–water partition coefficient (Wildman–Crippen LogP) is 1.03. The SMILES string of the molecule is Cc1ccc2[nH]c3c(c(=O)n(C)c(=O)n3C)c2c1. The van der Waals surface area contributed by atoms with Gasteiger partial charge in [-0.15, -0.1) is 0 Å². The molecule has 92 valence electrons. The third-order valence-corrected chi connectivity index (χ3v) is 3.36. The summed E-state index contributed by atoms with van der Waals surface area (Å²) in [6.07, 6.45) is 0. The highest BCUT2D eigenvalue weighted by Crippen LogP contribution is 2.22. The molecule has 0 unspecified atom stereocenters. The topological polar surface area (TPSA) is 59.8 Å². The van der Waals surface area contributed by atoms with Gasteiger partial charge >= 0.3 is 5.69 Å². The van der Waals surface area contributed by atoms with Crippen molar-refractivity contribution >= 4 is 21.9 Å². The first-order valence-electron chi connectivity index (χ1n) is 5.69. The smallest absolute Gasteiger partial charge is 0.332 e. The fraction of sp³-hybridized carbons (Fsp3) is 0.231. The first-order valence-corrected chi connectivity index (χ1v) is 5.69. The van der Waals surface area contributed by atoms with Crippen LogP contribution in [-0.4, -0.2) is 14.1 Å². The lowest BCUT2D eigenvalue weighted by Gasteiger charge is -2.02. The molecule has 0 radical (unpaired) electrons. The molecule has 0 aliphatic heterocycles. The first-order chi connectivity index (χ1) is 8.50. The van der Waals surface area contributed by atoms with Gasteiger partial charge < -0.3 is 4.98 Å². The molecular weight excluding hydrogens is 230 g/mol. The monoisotopic (exact) mass is 243 g/mol. The standard InChI is InChI=1S/C13H13N3O2/c1-7-4-5-9-8(6-7)10-11(14-9)15(2)13(18)16(3)12(10)17/h4-6,14H,1-3H3. The van der Waals surface area contributed by atoms with Gasteiger partial charge in [0.2, 0.25) is 0 Å². The van der Waals surface area contributed by atoms with Crippen LogP contribution in [0.2, 0.25) is 0 Å². The van der Waals surface area contributed by atoms with Crippen LogP contribution in [0.15, 0.2) is 27.8 Å². The number of aromatic nitrogens is 3. The van der Waals surface area contributed by atoms with Crippen LogP contribution in [0.4, 0.5) is 0 Å². The van der Waals surface area contributed by atoms with Crippen molar-refractivity contribution in [2.75, 3.05) is 0 Å². The van der Waals surface area contributed by atoms with E-state index in [1.165, 1.54) is 11.6 Å². The van der Waals surface area contributed by atoms with Gasteiger partial charge in [0.05, 0.1) is 5.39 Å². The minimum Gasteiger partial charge on any atom is -0.340 e. The number of hydrogen-bond donors (Lipinski definition) is 1. The Morgan fingerprint density at radius 1 is 1.11 bits per heavy atom. The molecular formula is C13H13N3O2. The van der Waals surface area contributed by atoms with E-state index in [2.05, 4.69) is 4.98 Å². The number of benzene rings is 1. The van der Waals surface area contributed by atoms with E-state index < -0.39 is 0 Å². The molecule has 2 heterocycles. The van der Waals surface area contributed by atoms with Gasteiger partial charge in [-0.2, -0.15) is 0 Å². The number of H-pyrrole nitrogens is 1. The molecule has 0 aliphatic carbocycles. The molecule has 0 fully saturated rings. The van der Waals surface area contributed by atoms with Crippen molar-refractivity contribution in [3.8, 4) is 0 Å². The number of nitrogens with one attached hydrogen (secondary N) is 1. The molecule has 1 aromatic carbocycles. The normalized spacial score (nSPS) is 11.5. The van der Waals surface area contributed by atoms with Gasteiger partial charge in [-0.05, 0) is 19.1 Å². The Morgan fingerprint density at radius 2 is 1.83 bits per heavy atom. The van der Waals surface area contributed by atoms with E-state index in [1.807, 2.05) is 25.1 Å². The highest BCUT2D eigenvalue weighted by molar-refractivity contribution is 6.05. The number of hydrogen-bond acceptors (Lipinski definition) is 2. The van der Waals surface area contributed by atoms with Crippen LogP contribution in [-0.2, 0) is 14.1 Å². The highest BCUT2D eigenvalue weighted by atomic mass is 16.2. The summed E-state index contributed by atoms with van der Waals surface area (Å²) in [5.41, 5.74) is 1.94. The van der Waals surface area contributed by atoms with E-state index in [9.17, 15) is 9.59 Å². The minimum absolute atomic E-state index is 0.259. The van der Waals surface area contributed by atoms with E-state index in [4.69, 9.17) is 0 Å². The van der Waals surface area contributed by atoms with Gasteiger partial charge in [0.15, 0.2) is 0 Å². The average Bonchev–Trinajstić information content (AvgIpc) is 2.72. The summed E-state index contributed by atoms with van der Waals surface area (Å²) in [7, 11) is 3.16. The lowest BCUT2D eigenvalue weighted by Crippen LogP contribution is -2.36. The molecule has 5 heteroatoms. The van der Waals surface area contributed by atoms with Gasteiger partial charge in [0, 0.05) is 25.0 Å². The van der Waals surface area contributed by atoms with E-state index in [1.54, 1.807) is 7.05 Å². The molecule has 5 nitrogen and oxygen atoms in total. The van der Waals surface area contributed by atoms with Crippen LogP contribution in [0.5, 0.6) is 0 Å². The maximum absolute atomic E-state index is 12.2. The van der Waals surface area contributed by atoms with Crippen molar-refractivity contribution in [3.63, 3.8) is 0 Å². The second-order valence-electron chi connectivity index (χ2n) is 4.60. The zero-order chi connectivity index (χ0) is 13.0. The van der Waals surface area contributed by atoms with E-state index in [0.29, 0.717) is 11.0 Å². The fourth-order valence-electron chi connectivity index (χ4n) is 2.33. The van der Waals surface area contributed by atoms with Gasteiger partial charge in [-0.1, -0.05) is 11.6 Å². The molecule has 18 heavy (non-hydrogen) atoms. The summed E-state index contributed by atoms with van der Waals surface area (Å²) < 4.78 is 2.60. The van der Waals surface area contributed by atoms with E-state index in [0.717, 1.165) is 21.0 Å². The lowest BCUT2D eigenvalue weighted by molar-refractivity contribution is 0.710. The zero-order valence-electron chi connectivity index (χ0n) is 10.4. The number of rotatable bonds is 0. The minimum atomic E-state index is -0.323. The van der Waals surface area contributed by atoms with E-state index >= 15 is 0 Å². The molecule has 3 rings (SSSR count). The Kier molecular flexibility index (Phi) is 2.02. The van der Waals surface area contributed by atoms with Gasteiger partial charge in [0.25, 0.3) is 5.56 Å². The van der Waals surface area contributed by atoms with Crippen LogP contribution in [0.3, 0.4) is 0 Å². The van der Waals surface area contributed by atoms with Crippen molar-refractivity contribution in [2.24, 2.45) is 14.1 Å². The third-order valence-electron chi connectivity index (χ3n) is 3.36. The predicted molar refractivity (Wildman–Crippen MR) is 71.0 cm³/mol. The third kappa shape index (κ3) is 1.21. The molecule has 0 saturated heterocycles. The molecule has 0 bridgehead atoms. The number of fused-ring (bicyclic) bond motifs is 3. The Bertz CT molecular complexity index is 896. The van der Waals surface area contributed by atoms with Crippen molar-refractivity contribution in [2.45, 2.75) is 6.92 Å². The summed E-state index contributed by atoms with van der Waals surface area (Å²) in [5, 5.41) is 1.43. The van der Waals surface area contributed by atoms with Crippen molar-refractivity contribution in [3.05, 3.63) is 44.6 Å². The lowest BCUT2D eigenvalue weighted by atomic mass is 10.1. The number of nitrogens with zero attached hydrogens (tertiary/aromatic N) is 2. The second kappa shape index (κ2) is 3.35. The van der Waals surface area contributed by atoms with Crippen LogP contribution in [0.25, 0.3) is 21.9 Å². The Labute approximate surface area is 102 Å². The Morgan fingerprint density at radius 3 is 2.56 bits per heavy atom. The quantitative estimate of drug-likeness (QED) is 0.641. The van der Waals surface area contributed by atoms with Crippen LogP contribution in [0.1, 0.15) is 5.56 Å². The van der Waals surface area contributed by atoms with Crippen LogP contribution in [0, 0.1) is 6.92 Å². The summed E-state index contributed by atoms with van der Waals surface area (Å²) in [5.74, 6) is 0. The molecule has 0 aliphatic rings. The largest absolute Gasteiger partial charge is 0.340 e. The van der Waals surface area contributed by atoms with Crippen molar-refractivity contribution in [1.29, 1.82) is 0 Å². The van der Waals surface area contributed by atoms with Gasteiger partial charge in [-0.3, -0.25) is 13.9 Å². The molecule has 0 amide bonds. The van der Waals surface area contributed by atoms with Crippen LogP contribution >= 0.6 is 0 Å². The van der Waals surface area contributed by atoms with E-state index in [-0.39, 0.29) is 11.2 Å². The maximum atomic E-state index is 12.2. The molecule has 3 aromatic rings. The maximum Gasteiger partial charge on any atom is 0.332 e. The number of aromatic amines is 1. The molecule has 1 N–H and O–H groups in total. The summed E-state index contributed by atoms with van der Waals surface area (Å²) in [4.78, 5) is 27.2. The molecule has 0 spiro atoms. The van der Waals surface area contributed by atoms with Crippen molar-refractivity contribution < 1.29 is 0 Å². The number of aryl methyl sites for hydroxylation is 2. The summed E-state index contributed by atoms with van der Waals surface area (Å²) in [6, 6.07) is 5.86. The Hall–Kier alpha value is -2.30. The van der Waals surface area contributed by atoms with Gasteiger partial charge in [0.1, 0.15) is 5.65 Å². The first kappa shape index (κ1) is 10.8. The van der Waals surface area contributed by atoms with Crippen molar-refractivity contribution in [1.82, 2.24) is 14.1 Å². The van der Waals surface area contributed by atoms with Gasteiger partial charge in [-0.25, -0.2) is 4.79 Å². The molecule has 0 saturated carbocycles. The highest BCUT2D eigenvalue weighted by Gasteiger charge is 2.13. The zero-order valence-corrected chi connectivity index (χ0v) is 10.4. The van der Waals surface area contributed by atoms with Crippen LogP contribution < -0.4 is 11.2 Å². The summed E-state index contributed by atoms with van der Waals surface area (Å²) in [6.45, 7) is 1.98.